The van der Waals surface area contributed by atoms with Gasteiger partial charge in [0.05, 0.1) is 29.6 Å². The molecular weight excluding hydrogens is 697 g/mol. The number of nitrogens with zero attached hydrogens (tertiary/aromatic N) is 2. The van der Waals surface area contributed by atoms with E-state index in [0.717, 1.165) is 25.7 Å². The number of rotatable bonds is 6. The van der Waals surface area contributed by atoms with Crippen LogP contribution in [0.25, 0.3) is 12.2 Å². The molecule has 0 saturated carbocycles. The van der Waals surface area contributed by atoms with Gasteiger partial charge in [0.1, 0.15) is 5.75 Å². The average molecular weight is 739 g/mol. The summed E-state index contributed by atoms with van der Waals surface area (Å²) in [7, 11) is -4.40. The second-order valence-corrected chi connectivity index (χ2v) is 17.5. The molecule has 270 valence electrons. The molecule has 0 aromatic heterocycles. The predicted octanol–water partition coefficient (Wildman–Crippen LogP) is 6.67. The number of fused-ring (bicyclic) bond motifs is 4. The van der Waals surface area contributed by atoms with E-state index in [4.69, 9.17) is 9.47 Å². The lowest BCUT2D eigenvalue weighted by Gasteiger charge is -2.38. The van der Waals surface area contributed by atoms with E-state index in [9.17, 15) is 21.6 Å². The Labute approximate surface area is 306 Å². The minimum atomic E-state index is -3.76. The quantitative estimate of drug-likeness (QED) is 0.204. The number of esters is 1. The van der Waals surface area contributed by atoms with Crippen LogP contribution in [0.2, 0.25) is 0 Å². The smallest absolute Gasteiger partial charge is 0.339 e. The van der Waals surface area contributed by atoms with Crippen molar-refractivity contribution in [2.75, 3.05) is 40.4 Å². The van der Waals surface area contributed by atoms with Crippen molar-refractivity contribution in [3.05, 3.63) is 137 Å². The lowest BCUT2D eigenvalue weighted by Crippen LogP contribution is -2.44. The zero-order valence-corrected chi connectivity index (χ0v) is 30.9. The van der Waals surface area contributed by atoms with Crippen molar-refractivity contribution in [3.63, 3.8) is 0 Å². The number of allylic oxidation sites excluding steroid dienone is 2. The molecule has 4 aliphatic rings. The number of piperidine rings is 2. The number of carbonyl (C=O) groups excluding carboxylic acids is 1. The van der Waals surface area contributed by atoms with Gasteiger partial charge in [0, 0.05) is 37.0 Å². The van der Waals surface area contributed by atoms with Gasteiger partial charge in [-0.25, -0.2) is 21.6 Å². The van der Waals surface area contributed by atoms with Crippen LogP contribution in [0.1, 0.15) is 58.3 Å². The van der Waals surface area contributed by atoms with Crippen molar-refractivity contribution in [1.82, 2.24) is 8.61 Å². The third-order valence-electron chi connectivity index (χ3n) is 11.0. The highest BCUT2D eigenvalue weighted by Gasteiger charge is 2.42. The Morgan fingerprint density at radius 2 is 1.06 bits per heavy atom. The van der Waals surface area contributed by atoms with Gasteiger partial charge >= 0.3 is 5.97 Å². The van der Waals surface area contributed by atoms with Crippen LogP contribution in [-0.2, 0) is 35.6 Å². The number of carbonyl (C=O) groups is 1. The fourth-order valence-corrected chi connectivity index (χ4v) is 11.1. The molecule has 0 N–H and O–H groups in total. The fourth-order valence-electron chi connectivity index (χ4n) is 8.00. The predicted molar refractivity (Wildman–Crippen MR) is 201 cm³/mol. The van der Waals surface area contributed by atoms with Crippen molar-refractivity contribution in [1.29, 1.82) is 0 Å². The van der Waals surface area contributed by atoms with Gasteiger partial charge in [0.15, 0.2) is 0 Å². The van der Waals surface area contributed by atoms with Crippen LogP contribution in [0.15, 0.2) is 119 Å². The molecule has 2 spiro atoms. The van der Waals surface area contributed by atoms with Crippen LogP contribution in [0.5, 0.6) is 5.75 Å². The Kier molecular flexibility index (Phi) is 9.73. The maximum Gasteiger partial charge on any atom is 0.339 e. The number of methoxy groups -OCH3 is 2. The molecule has 2 saturated heterocycles. The van der Waals surface area contributed by atoms with Crippen LogP contribution in [0.3, 0.4) is 0 Å². The zero-order chi connectivity index (χ0) is 36.6. The summed E-state index contributed by atoms with van der Waals surface area (Å²) in [5, 5.41) is 0. The molecule has 4 aromatic carbocycles. The Morgan fingerprint density at radius 3 is 1.56 bits per heavy atom. The summed E-state index contributed by atoms with van der Waals surface area (Å²) in [6, 6.07) is 29.5. The number of sulfonamides is 2. The van der Waals surface area contributed by atoms with Gasteiger partial charge in [-0.2, -0.15) is 8.61 Å². The van der Waals surface area contributed by atoms with E-state index in [1.165, 1.54) is 45.8 Å². The first-order valence-corrected chi connectivity index (χ1v) is 20.3. The molecule has 2 aliphatic carbocycles. The highest BCUT2D eigenvalue weighted by molar-refractivity contribution is 7.89. The third-order valence-corrected chi connectivity index (χ3v) is 14.9. The number of hydrogen-bond donors (Lipinski definition) is 0. The van der Waals surface area contributed by atoms with E-state index >= 15 is 0 Å². The molecule has 2 fully saturated rings. The Hall–Kier alpha value is -4.55. The lowest BCUT2D eigenvalue weighted by molar-refractivity contribution is 0.0596. The summed E-state index contributed by atoms with van der Waals surface area (Å²) in [6.45, 7) is 1.90. The van der Waals surface area contributed by atoms with Crippen molar-refractivity contribution >= 4 is 38.2 Å². The van der Waals surface area contributed by atoms with Gasteiger partial charge in [0.25, 0.3) is 0 Å². The molecular formula is C41H42N2O7S2. The first kappa shape index (κ1) is 35.8. The molecule has 9 nitrogen and oxygen atoms in total. The van der Waals surface area contributed by atoms with Gasteiger partial charge < -0.3 is 9.47 Å². The van der Waals surface area contributed by atoms with E-state index in [-0.39, 0.29) is 21.3 Å². The summed E-state index contributed by atoms with van der Waals surface area (Å²) in [4.78, 5) is 12.3. The first-order valence-electron chi connectivity index (χ1n) is 17.4. The second kappa shape index (κ2) is 14.1. The van der Waals surface area contributed by atoms with Crippen LogP contribution in [-0.4, -0.2) is 71.8 Å². The highest BCUT2D eigenvalue weighted by atomic mass is 32.2. The molecule has 52 heavy (non-hydrogen) atoms. The van der Waals surface area contributed by atoms with E-state index in [1.54, 1.807) is 47.8 Å². The topological polar surface area (TPSA) is 110 Å². The highest BCUT2D eigenvalue weighted by Crippen LogP contribution is 2.45. The summed E-state index contributed by atoms with van der Waals surface area (Å²) in [5.74, 6) is 0.0135. The second-order valence-electron chi connectivity index (χ2n) is 13.6. The molecule has 0 unspecified atom stereocenters. The van der Waals surface area contributed by atoms with Gasteiger partial charge in [0.2, 0.25) is 20.0 Å². The molecule has 2 heterocycles. The summed E-state index contributed by atoms with van der Waals surface area (Å²) < 4.78 is 65.1. The van der Waals surface area contributed by atoms with Gasteiger partial charge in [-0.3, -0.25) is 0 Å². The van der Waals surface area contributed by atoms with Gasteiger partial charge in [-0.1, -0.05) is 85.0 Å². The molecule has 0 radical (unpaired) electrons. The van der Waals surface area contributed by atoms with E-state index in [0.29, 0.717) is 36.8 Å². The van der Waals surface area contributed by atoms with Gasteiger partial charge in [-0.15, -0.1) is 0 Å². The first-order chi connectivity index (χ1) is 25.0. The monoisotopic (exact) mass is 738 g/mol. The Morgan fingerprint density at radius 1 is 0.596 bits per heavy atom. The average Bonchev–Trinajstić information content (AvgIpc) is 3.73. The zero-order valence-electron chi connectivity index (χ0n) is 29.3. The molecule has 8 rings (SSSR count). The van der Waals surface area contributed by atoms with Crippen molar-refractivity contribution in [3.8, 4) is 5.75 Å². The molecule has 0 amide bonds. The lowest BCUT2D eigenvalue weighted by atomic mass is 9.75. The summed E-state index contributed by atoms with van der Waals surface area (Å²) in [6.07, 6.45) is 11.8. The Bertz CT molecular complexity index is 2250. The van der Waals surface area contributed by atoms with Crippen LogP contribution < -0.4 is 4.74 Å². The number of ether oxygens (including phenoxy) is 2. The summed E-state index contributed by atoms with van der Waals surface area (Å²) >= 11 is 0. The normalized spacial score (nSPS) is 18.7. The van der Waals surface area contributed by atoms with E-state index in [1.807, 2.05) is 18.2 Å². The van der Waals surface area contributed by atoms with Crippen LogP contribution >= 0.6 is 0 Å². The molecule has 2 aliphatic heterocycles. The summed E-state index contributed by atoms with van der Waals surface area (Å²) in [5.41, 5.74) is 5.05. The maximum atomic E-state index is 13.2. The van der Waals surface area contributed by atoms with Crippen molar-refractivity contribution in [2.45, 2.75) is 46.3 Å². The number of benzene rings is 4. The van der Waals surface area contributed by atoms with E-state index < -0.39 is 26.0 Å². The minimum Gasteiger partial charge on any atom is -0.497 e. The molecule has 11 heteroatoms. The maximum absolute atomic E-state index is 13.2. The standard InChI is InChI=1S/C21H21NO4S.C20H21NO3S/c1-26-20(23)17-7-3-5-9-19(17)27(24,25)22-14-12-21(13-15-22)11-10-16-6-2-4-8-18(16)21;1-24-17-6-8-18(9-7-17)25(22,23)21-14-12-20(13-15-21)11-10-16-4-2-3-5-19(16)20/h2-11H,12-15H2,1H3;2-11H,12-15H2,1H3. The SMILES string of the molecule is COC(=O)c1ccccc1S(=O)(=O)N1CCC2(C=Cc3ccccc32)CC1.COc1ccc(S(=O)(=O)N2CCC3(C=Cc4ccccc43)CC2)cc1. The Balaban J connectivity index is 0.000000162. The largest absolute Gasteiger partial charge is 0.497 e. The fraction of sp³-hybridized carbons (Fsp3) is 0.293. The van der Waals surface area contributed by atoms with Crippen molar-refractivity contribution < 1.29 is 31.1 Å². The van der Waals surface area contributed by atoms with Crippen LogP contribution in [0, 0.1) is 0 Å². The molecule has 4 aromatic rings. The van der Waals surface area contributed by atoms with Crippen LogP contribution in [0.4, 0.5) is 0 Å². The number of hydrogen-bond acceptors (Lipinski definition) is 7. The van der Waals surface area contributed by atoms with Crippen molar-refractivity contribution in [2.24, 2.45) is 0 Å². The molecule has 0 bridgehead atoms. The molecule has 0 atom stereocenters. The third kappa shape index (κ3) is 6.40. The van der Waals surface area contributed by atoms with Gasteiger partial charge in [-0.05, 0) is 84.3 Å². The van der Waals surface area contributed by atoms with E-state index in [2.05, 4.69) is 54.6 Å². The minimum absolute atomic E-state index is 0.00941.